The number of aryl methyl sites for hydroxylation is 1. The summed E-state index contributed by atoms with van der Waals surface area (Å²) in [4.78, 5) is 0. The monoisotopic (exact) mass is 250 g/mol. The zero-order chi connectivity index (χ0) is 13.0. The Kier molecular flexibility index (Phi) is 4.75. The molecular formula is C14H26N4. The van der Waals surface area contributed by atoms with E-state index in [2.05, 4.69) is 35.0 Å². The number of aromatic nitrogens is 3. The summed E-state index contributed by atoms with van der Waals surface area (Å²) in [7, 11) is 0. The first-order valence-electron chi connectivity index (χ1n) is 7.31. The highest BCUT2D eigenvalue weighted by molar-refractivity contribution is 4.94. The van der Waals surface area contributed by atoms with Crippen molar-refractivity contribution in [3.8, 4) is 0 Å². The number of nitrogens with two attached hydrogens (primary N) is 1. The first-order valence-corrected chi connectivity index (χ1v) is 7.31. The van der Waals surface area contributed by atoms with Crippen LogP contribution in [0.25, 0.3) is 0 Å². The molecule has 3 atom stereocenters. The predicted molar refractivity (Wildman–Crippen MR) is 73.2 cm³/mol. The van der Waals surface area contributed by atoms with Crippen molar-refractivity contribution < 1.29 is 0 Å². The standard InChI is InChI=1S/C14H26N4/c1-11-6-7-14(9-12(11)2)18-10-13(16-17-18)5-3-4-8-15/h10-12,14H,3-9,15H2,1-2H3. The minimum absolute atomic E-state index is 0.562. The van der Waals surface area contributed by atoms with Crippen molar-refractivity contribution in [2.75, 3.05) is 6.54 Å². The quantitative estimate of drug-likeness (QED) is 0.817. The maximum atomic E-state index is 5.50. The summed E-state index contributed by atoms with van der Waals surface area (Å²) in [6.45, 7) is 5.49. The first-order chi connectivity index (χ1) is 8.70. The lowest BCUT2D eigenvalue weighted by Crippen LogP contribution is -2.23. The van der Waals surface area contributed by atoms with Gasteiger partial charge in [0, 0.05) is 6.20 Å². The van der Waals surface area contributed by atoms with Gasteiger partial charge in [-0.1, -0.05) is 19.1 Å². The molecule has 1 aliphatic carbocycles. The maximum Gasteiger partial charge on any atom is 0.0827 e. The van der Waals surface area contributed by atoms with Gasteiger partial charge in [0.1, 0.15) is 0 Å². The molecule has 102 valence electrons. The molecule has 4 nitrogen and oxygen atoms in total. The second-order valence-electron chi connectivity index (χ2n) is 5.86. The minimum atomic E-state index is 0.562. The molecule has 0 aromatic carbocycles. The molecule has 1 fully saturated rings. The summed E-state index contributed by atoms with van der Waals surface area (Å²) in [6.07, 6.45) is 9.15. The summed E-state index contributed by atoms with van der Waals surface area (Å²) < 4.78 is 2.10. The minimum Gasteiger partial charge on any atom is -0.330 e. The zero-order valence-corrected chi connectivity index (χ0v) is 11.7. The second-order valence-corrected chi connectivity index (χ2v) is 5.86. The summed E-state index contributed by atoms with van der Waals surface area (Å²) >= 11 is 0. The molecule has 2 rings (SSSR count). The molecule has 0 radical (unpaired) electrons. The fraction of sp³-hybridized carbons (Fsp3) is 0.857. The normalized spacial score (nSPS) is 28.5. The smallest absolute Gasteiger partial charge is 0.0827 e. The van der Waals surface area contributed by atoms with Crippen LogP contribution in [0.3, 0.4) is 0 Å². The maximum absolute atomic E-state index is 5.50. The first kappa shape index (κ1) is 13.5. The third kappa shape index (κ3) is 3.31. The van der Waals surface area contributed by atoms with E-state index in [1.807, 2.05) is 0 Å². The van der Waals surface area contributed by atoms with Crippen molar-refractivity contribution in [3.63, 3.8) is 0 Å². The van der Waals surface area contributed by atoms with E-state index in [-0.39, 0.29) is 0 Å². The van der Waals surface area contributed by atoms with Crippen LogP contribution in [0.5, 0.6) is 0 Å². The van der Waals surface area contributed by atoms with Crippen molar-refractivity contribution in [2.24, 2.45) is 17.6 Å². The third-order valence-corrected chi connectivity index (χ3v) is 4.39. The van der Waals surface area contributed by atoms with Crippen molar-refractivity contribution >= 4 is 0 Å². The van der Waals surface area contributed by atoms with Gasteiger partial charge in [-0.2, -0.15) is 0 Å². The van der Waals surface area contributed by atoms with Gasteiger partial charge in [-0.25, -0.2) is 4.68 Å². The molecule has 1 aromatic rings. The molecule has 2 N–H and O–H groups in total. The molecular weight excluding hydrogens is 224 g/mol. The fourth-order valence-electron chi connectivity index (χ4n) is 2.82. The van der Waals surface area contributed by atoms with Crippen LogP contribution in [0.15, 0.2) is 6.20 Å². The molecule has 4 heteroatoms. The van der Waals surface area contributed by atoms with E-state index in [1.54, 1.807) is 0 Å². The van der Waals surface area contributed by atoms with Crippen molar-refractivity contribution in [1.29, 1.82) is 0 Å². The van der Waals surface area contributed by atoms with E-state index in [0.717, 1.165) is 43.3 Å². The fourth-order valence-corrected chi connectivity index (χ4v) is 2.82. The highest BCUT2D eigenvalue weighted by Crippen LogP contribution is 2.35. The van der Waals surface area contributed by atoms with Crippen LogP contribution in [0.4, 0.5) is 0 Å². The molecule has 1 heterocycles. The average molecular weight is 250 g/mol. The second kappa shape index (κ2) is 6.32. The molecule has 0 saturated heterocycles. The lowest BCUT2D eigenvalue weighted by Gasteiger charge is -2.31. The Balaban J connectivity index is 1.89. The van der Waals surface area contributed by atoms with Gasteiger partial charge in [-0.05, 0) is 56.9 Å². The van der Waals surface area contributed by atoms with E-state index < -0.39 is 0 Å². The Bertz CT molecular complexity index is 360. The van der Waals surface area contributed by atoms with Gasteiger partial charge < -0.3 is 5.73 Å². The van der Waals surface area contributed by atoms with Gasteiger partial charge in [-0.3, -0.25) is 0 Å². The van der Waals surface area contributed by atoms with E-state index >= 15 is 0 Å². The summed E-state index contributed by atoms with van der Waals surface area (Å²) in [6, 6.07) is 0.562. The number of rotatable bonds is 5. The largest absolute Gasteiger partial charge is 0.330 e. The van der Waals surface area contributed by atoms with Gasteiger partial charge in [0.15, 0.2) is 0 Å². The SMILES string of the molecule is CC1CCC(n2cc(CCCCN)nn2)CC1C. The zero-order valence-electron chi connectivity index (χ0n) is 11.7. The lowest BCUT2D eigenvalue weighted by atomic mass is 9.79. The number of nitrogens with zero attached hydrogens (tertiary/aromatic N) is 3. The van der Waals surface area contributed by atoms with E-state index in [9.17, 15) is 0 Å². The van der Waals surface area contributed by atoms with Crippen LogP contribution in [0, 0.1) is 11.8 Å². The van der Waals surface area contributed by atoms with Crippen LogP contribution in [-0.2, 0) is 6.42 Å². The van der Waals surface area contributed by atoms with Crippen molar-refractivity contribution in [2.45, 2.75) is 58.4 Å². The Morgan fingerprint density at radius 1 is 1.28 bits per heavy atom. The van der Waals surface area contributed by atoms with Crippen LogP contribution in [-0.4, -0.2) is 21.5 Å². The molecule has 1 saturated carbocycles. The van der Waals surface area contributed by atoms with Gasteiger partial charge in [-0.15, -0.1) is 5.10 Å². The number of hydrogen-bond acceptors (Lipinski definition) is 3. The summed E-state index contributed by atoms with van der Waals surface area (Å²) in [5.74, 6) is 1.66. The molecule has 0 amide bonds. The third-order valence-electron chi connectivity index (χ3n) is 4.39. The van der Waals surface area contributed by atoms with Crippen LogP contribution in [0.2, 0.25) is 0 Å². The molecule has 0 bridgehead atoms. The van der Waals surface area contributed by atoms with Gasteiger partial charge in [0.05, 0.1) is 11.7 Å². The summed E-state index contributed by atoms with van der Waals surface area (Å²) in [5.41, 5.74) is 6.62. The molecule has 18 heavy (non-hydrogen) atoms. The van der Waals surface area contributed by atoms with Gasteiger partial charge in [0.2, 0.25) is 0 Å². The Morgan fingerprint density at radius 2 is 2.11 bits per heavy atom. The Labute approximate surface area is 110 Å². The Morgan fingerprint density at radius 3 is 2.83 bits per heavy atom. The van der Waals surface area contributed by atoms with Crippen molar-refractivity contribution in [3.05, 3.63) is 11.9 Å². The van der Waals surface area contributed by atoms with Crippen LogP contribution >= 0.6 is 0 Å². The molecule has 1 aromatic heterocycles. The predicted octanol–water partition coefficient (Wildman–Crippen LogP) is 2.56. The van der Waals surface area contributed by atoms with Gasteiger partial charge >= 0.3 is 0 Å². The van der Waals surface area contributed by atoms with Gasteiger partial charge in [0.25, 0.3) is 0 Å². The molecule has 1 aliphatic rings. The van der Waals surface area contributed by atoms with E-state index in [1.165, 1.54) is 19.3 Å². The van der Waals surface area contributed by atoms with Crippen LogP contribution < -0.4 is 5.73 Å². The number of hydrogen-bond donors (Lipinski definition) is 1. The average Bonchev–Trinajstić information content (AvgIpc) is 2.82. The van der Waals surface area contributed by atoms with E-state index in [0.29, 0.717) is 6.04 Å². The van der Waals surface area contributed by atoms with E-state index in [4.69, 9.17) is 5.73 Å². The van der Waals surface area contributed by atoms with Crippen molar-refractivity contribution in [1.82, 2.24) is 15.0 Å². The topological polar surface area (TPSA) is 56.7 Å². The molecule has 3 unspecified atom stereocenters. The number of unbranched alkanes of at least 4 members (excludes halogenated alkanes) is 1. The summed E-state index contributed by atoms with van der Waals surface area (Å²) in [5, 5.41) is 8.59. The van der Waals surface area contributed by atoms with Crippen LogP contribution in [0.1, 0.15) is 57.7 Å². The molecule has 0 aliphatic heterocycles. The highest BCUT2D eigenvalue weighted by Gasteiger charge is 2.26. The Hall–Kier alpha value is -0.900. The molecule has 0 spiro atoms. The highest BCUT2D eigenvalue weighted by atomic mass is 15.4. The lowest BCUT2D eigenvalue weighted by molar-refractivity contribution is 0.199.